The maximum atomic E-state index is 13.4. The number of nitrogens with two attached hydrogens (primary N) is 1. The molecule has 0 spiro atoms. The quantitative estimate of drug-likeness (QED) is 0.599. The molecule has 3 aromatic rings. The van der Waals surface area contributed by atoms with Gasteiger partial charge in [0.15, 0.2) is 0 Å². The summed E-state index contributed by atoms with van der Waals surface area (Å²) in [5.41, 5.74) is 3.85. The van der Waals surface area contributed by atoms with Gasteiger partial charge in [-0.3, -0.25) is 4.79 Å². The van der Waals surface area contributed by atoms with Crippen LogP contribution in [0.15, 0.2) is 23.0 Å². The summed E-state index contributed by atoms with van der Waals surface area (Å²) in [7, 11) is 0. The van der Waals surface area contributed by atoms with Gasteiger partial charge < -0.3 is 15.8 Å². The van der Waals surface area contributed by atoms with E-state index in [-0.39, 0.29) is 48.0 Å². The molecule has 1 aromatic carbocycles. The highest BCUT2D eigenvalue weighted by Gasteiger charge is 2.34. The van der Waals surface area contributed by atoms with Gasteiger partial charge in [0.05, 0.1) is 5.56 Å². The fraction of sp³-hybridized carbons (Fsp3) is 0.267. The number of H-pyrrole nitrogens is 1. The van der Waals surface area contributed by atoms with Crippen LogP contribution < -0.4 is 11.3 Å². The van der Waals surface area contributed by atoms with Crippen LogP contribution in [-0.2, 0) is 19.0 Å². The monoisotopic (exact) mass is 371 g/mol. The first-order valence-corrected chi connectivity index (χ1v) is 7.43. The Morgan fingerprint density at radius 1 is 1.31 bits per heavy atom. The normalized spacial score (nSPS) is 12.0. The average Bonchev–Trinajstić information content (AvgIpc) is 2.92. The molecule has 0 fully saturated rings. The van der Waals surface area contributed by atoms with Crippen molar-refractivity contribution in [3.05, 3.63) is 56.8 Å². The topological polar surface area (TPSA) is 109 Å². The summed E-state index contributed by atoms with van der Waals surface area (Å²) in [5.74, 6) is -1.51. The molecule has 2 aromatic heterocycles. The van der Waals surface area contributed by atoms with Crippen molar-refractivity contribution < 1.29 is 22.7 Å². The molecule has 4 N–H and O–H groups in total. The van der Waals surface area contributed by atoms with Crippen LogP contribution in [0, 0.1) is 5.82 Å². The minimum Gasteiger partial charge on any atom is -0.396 e. The number of nitrogens with one attached hydrogen (secondary N) is 1. The Balaban J connectivity index is 2.12. The minimum atomic E-state index is -4.86. The van der Waals surface area contributed by atoms with Gasteiger partial charge >= 0.3 is 6.18 Å². The zero-order valence-corrected chi connectivity index (χ0v) is 13.1. The number of anilines is 1. The fourth-order valence-corrected chi connectivity index (χ4v) is 2.63. The van der Waals surface area contributed by atoms with Crippen LogP contribution in [0.4, 0.5) is 23.5 Å². The van der Waals surface area contributed by atoms with Gasteiger partial charge in [0, 0.05) is 30.7 Å². The Kier molecular flexibility index (Phi) is 4.40. The number of hydrogen-bond acceptors (Lipinski definition) is 5. The Labute approximate surface area is 143 Å². The minimum absolute atomic E-state index is 0.0428. The molecule has 0 aliphatic heterocycles. The summed E-state index contributed by atoms with van der Waals surface area (Å²) in [4.78, 5) is 19.2. The van der Waals surface area contributed by atoms with Crippen LogP contribution in [0.5, 0.6) is 0 Å². The van der Waals surface area contributed by atoms with E-state index in [9.17, 15) is 27.5 Å². The van der Waals surface area contributed by atoms with Crippen LogP contribution in [0.2, 0.25) is 0 Å². The predicted octanol–water partition coefficient (Wildman–Crippen LogP) is 1.28. The molecule has 11 heteroatoms. The van der Waals surface area contributed by atoms with Crippen LogP contribution in [0.1, 0.15) is 22.4 Å². The molecular formula is C15H13F4N5O2. The van der Waals surface area contributed by atoms with Crippen molar-refractivity contribution in [3.63, 3.8) is 0 Å². The van der Waals surface area contributed by atoms with Crippen molar-refractivity contribution >= 4 is 11.7 Å². The molecule has 0 amide bonds. The van der Waals surface area contributed by atoms with Crippen molar-refractivity contribution in [1.82, 2.24) is 19.6 Å². The maximum absolute atomic E-state index is 13.4. The van der Waals surface area contributed by atoms with E-state index in [1.165, 1.54) is 0 Å². The first-order chi connectivity index (χ1) is 12.2. The Morgan fingerprint density at radius 3 is 2.69 bits per heavy atom. The van der Waals surface area contributed by atoms with Gasteiger partial charge in [-0.15, -0.1) is 5.10 Å². The highest BCUT2D eigenvalue weighted by molar-refractivity contribution is 5.39. The van der Waals surface area contributed by atoms with E-state index in [0.717, 1.165) is 10.6 Å². The zero-order chi connectivity index (χ0) is 19.1. The van der Waals surface area contributed by atoms with Crippen molar-refractivity contribution in [2.45, 2.75) is 19.0 Å². The number of aliphatic hydroxyl groups excluding tert-OH is 1. The lowest BCUT2D eigenvalue weighted by atomic mass is 10.0. The van der Waals surface area contributed by atoms with Gasteiger partial charge in [-0.05, 0) is 17.7 Å². The van der Waals surface area contributed by atoms with E-state index in [1.807, 2.05) is 0 Å². The molecule has 0 saturated heterocycles. The second-order valence-corrected chi connectivity index (χ2v) is 5.56. The number of nitrogens with zero attached hydrogens (tertiary/aromatic N) is 3. The third kappa shape index (κ3) is 3.25. The summed E-state index contributed by atoms with van der Waals surface area (Å²) in [6.07, 6.45) is -5.03. The van der Waals surface area contributed by atoms with Gasteiger partial charge in [0.1, 0.15) is 5.82 Å². The van der Waals surface area contributed by atoms with E-state index in [0.29, 0.717) is 12.1 Å². The van der Waals surface area contributed by atoms with Crippen molar-refractivity contribution in [2.75, 3.05) is 12.3 Å². The Bertz CT molecular complexity index is 1030. The second kappa shape index (κ2) is 6.41. The number of aromatic amines is 1. The van der Waals surface area contributed by atoms with E-state index >= 15 is 0 Å². The molecule has 2 heterocycles. The first kappa shape index (κ1) is 17.9. The molecule has 0 saturated carbocycles. The molecule has 3 rings (SSSR count). The van der Waals surface area contributed by atoms with E-state index in [2.05, 4.69) is 15.1 Å². The summed E-state index contributed by atoms with van der Waals surface area (Å²) >= 11 is 0. The molecule has 0 bridgehead atoms. The lowest BCUT2D eigenvalue weighted by molar-refractivity contribution is -0.140. The summed E-state index contributed by atoms with van der Waals surface area (Å²) in [6, 6.07) is 2.51. The van der Waals surface area contributed by atoms with Gasteiger partial charge in [-0.25, -0.2) is 4.39 Å². The van der Waals surface area contributed by atoms with Crippen LogP contribution >= 0.6 is 0 Å². The van der Waals surface area contributed by atoms with Crippen molar-refractivity contribution in [3.8, 4) is 0 Å². The van der Waals surface area contributed by atoms with E-state index in [4.69, 9.17) is 5.73 Å². The number of benzene rings is 1. The maximum Gasteiger partial charge on any atom is 0.419 e. The lowest BCUT2D eigenvalue weighted by Crippen LogP contribution is -2.24. The molecular weight excluding hydrogens is 358 g/mol. The van der Waals surface area contributed by atoms with Gasteiger partial charge in [-0.2, -0.15) is 22.7 Å². The second-order valence-electron chi connectivity index (χ2n) is 5.56. The molecule has 138 valence electrons. The van der Waals surface area contributed by atoms with Gasteiger partial charge in [-0.1, -0.05) is 6.07 Å². The molecule has 0 aliphatic carbocycles. The van der Waals surface area contributed by atoms with Crippen molar-refractivity contribution in [1.29, 1.82) is 0 Å². The van der Waals surface area contributed by atoms with Gasteiger partial charge in [0.25, 0.3) is 5.56 Å². The SMILES string of the molecule is Nc1nc2[nH]c(CCO)c(Cc3ccc(F)c(C(F)(F)F)c3)c(=O)n2n1. The zero-order valence-electron chi connectivity index (χ0n) is 13.1. The van der Waals surface area contributed by atoms with Crippen molar-refractivity contribution in [2.24, 2.45) is 0 Å². The number of nitrogen functional groups attached to an aromatic ring is 1. The molecule has 0 aliphatic rings. The number of aliphatic hydroxyl groups is 1. The van der Waals surface area contributed by atoms with E-state index in [1.54, 1.807) is 0 Å². The third-order valence-electron chi connectivity index (χ3n) is 3.78. The highest BCUT2D eigenvalue weighted by atomic mass is 19.4. The number of hydrogen-bond donors (Lipinski definition) is 3. The Hall–Kier alpha value is -2.95. The molecule has 0 unspecified atom stereocenters. The summed E-state index contributed by atoms with van der Waals surface area (Å²) in [6.45, 7) is -0.306. The average molecular weight is 371 g/mol. The molecule has 26 heavy (non-hydrogen) atoms. The fourth-order valence-electron chi connectivity index (χ4n) is 2.63. The Morgan fingerprint density at radius 2 is 2.04 bits per heavy atom. The largest absolute Gasteiger partial charge is 0.419 e. The number of halogens is 4. The number of alkyl halides is 3. The smallest absolute Gasteiger partial charge is 0.396 e. The van der Waals surface area contributed by atoms with E-state index < -0.39 is 23.1 Å². The summed E-state index contributed by atoms with van der Waals surface area (Å²) in [5, 5.41) is 12.9. The van der Waals surface area contributed by atoms with Crippen LogP contribution in [0.25, 0.3) is 5.78 Å². The summed E-state index contributed by atoms with van der Waals surface area (Å²) < 4.78 is 53.0. The number of aromatic nitrogens is 4. The van der Waals surface area contributed by atoms with Crippen LogP contribution in [0.3, 0.4) is 0 Å². The van der Waals surface area contributed by atoms with Crippen LogP contribution in [-0.4, -0.2) is 31.3 Å². The number of fused-ring (bicyclic) bond motifs is 1. The lowest BCUT2D eigenvalue weighted by Gasteiger charge is -2.12. The highest BCUT2D eigenvalue weighted by Crippen LogP contribution is 2.32. The molecule has 0 radical (unpaired) electrons. The molecule has 7 nitrogen and oxygen atoms in total. The first-order valence-electron chi connectivity index (χ1n) is 7.43. The molecule has 0 atom stereocenters. The van der Waals surface area contributed by atoms with Gasteiger partial charge in [0.2, 0.25) is 11.7 Å². The number of rotatable bonds is 4. The standard InChI is InChI=1S/C15H13F4N5O2/c16-10-2-1-7(6-9(10)15(17,18)19)5-8-11(3-4-25)21-14-22-13(20)23-24(14)12(8)26/h1-2,6,25H,3-5H2,(H3,20,21,22,23). The predicted molar refractivity (Wildman–Crippen MR) is 83.0 cm³/mol. The third-order valence-corrected chi connectivity index (χ3v) is 3.78.